The van der Waals surface area contributed by atoms with Crippen molar-refractivity contribution >= 4 is 5.97 Å². The fourth-order valence-electron chi connectivity index (χ4n) is 2.08. The van der Waals surface area contributed by atoms with E-state index in [9.17, 15) is 4.79 Å². The number of aryl methyl sites for hydroxylation is 1. The van der Waals surface area contributed by atoms with Gasteiger partial charge in [-0.2, -0.15) is 0 Å². The molecule has 0 saturated carbocycles. The lowest BCUT2D eigenvalue weighted by Gasteiger charge is -2.22. The van der Waals surface area contributed by atoms with E-state index in [1.165, 1.54) is 11.1 Å². The van der Waals surface area contributed by atoms with Crippen molar-refractivity contribution in [2.75, 3.05) is 6.61 Å². The highest BCUT2D eigenvalue weighted by Crippen LogP contribution is 2.34. The average Bonchev–Trinajstić information content (AvgIpc) is 2.48. The summed E-state index contributed by atoms with van der Waals surface area (Å²) in [6.45, 7) is 4.67. The lowest BCUT2D eigenvalue weighted by Crippen LogP contribution is -2.23. The highest BCUT2D eigenvalue weighted by Gasteiger charge is 2.38. The largest absolute Gasteiger partial charge is 0.465 e. The van der Waals surface area contributed by atoms with Crippen LogP contribution in [0.2, 0.25) is 0 Å². The fourth-order valence-corrected chi connectivity index (χ4v) is 2.08. The number of rotatable bonds is 1. The molecule has 0 aliphatic carbocycles. The van der Waals surface area contributed by atoms with E-state index in [1.807, 2.05) is 12.1 Å². The summed E-state index contributed by atoms with van der Waals surface area (Å²) in [6, 6.07) is 8.18. The Kier molecular flexibility index (Phi) is 2.06. The maximum absolute atomic E-state index is 11.1. The molecule has 0 N–H and O–H groups in total. The maximum Gasteiger partial charge on any atom is 0.306 e. The summed E-state index contributed by atoms with van der Waals surface area (Å²) in [4.78, 5) is 11.1. The minimum Gasteiger partial charge on any atom is -0.465 e. The Morgan fingerprint density at radius 3 is 2.64 bits per heavy atom. The number of carbonyl (C=O) groups excluding carboxylic acids is 1. The minimum absolute atomic E-state index is 0.0873. The Bertz CT molecular complexity index is 370. The van der Waals surface area contributed by atoms with Crippen LogP contribution in [0, 0.1) is 6.92 Å². The van der Waals surface area contributed by atoms with E-state index in [0.29, 0.717) is 13.0 Å². The SMILES string of the molecule is Cc1ccccc1C1(C)COC(=O)C1. The third-order valence-corrected chi connectivity index (χ3v) is 2.88. The Hall–Kier alpha value is -1.31. The topological polar surface area (TPSA) is 26.3 Å². The fraction of sp³-hybridized carbons (Fsp3) is 0.417. The number of hydrogen-bond acceptors (Lipinski definition) is 2. The molecular formula is C12H14O2. The molecule has 1 fully saturated rings. The number of ether oxygens (including phenoxy) is 1. The van der Waals surface area contributed by atoms with Crippen LogP contribution in [-0.4, -0.2) is 12.6 Å². The van der Waals surface area contributed by atoms with Gasteiger partial charge >= 0.3 is 5.97 Å². The van der Waals surface area contributed by atoms with Crippen LogP contribution in [0.1, 0.15) is 24.5 Å². The highest BCUT2D eigenvalue weighted by atomic mass is 16.5. The lowest BCUT2D eigenvalue weighted by atomic mass is 9.80. The summed E-state index contributed by atoms with van der Waals surface area (Å²) >= 11 is 0. The van der Waals surface area contributed by atoms with Gasteiger partial charge in [0.15, 0.2) is 0 Å². The number of esters is 1. The van der Waals surface area contributed by atoms with Gasteiger partial charge < -0.3 is 4.74 Å². The molecule has 1 aliphatic rings. The molecular weight excluding hydrogens is 176 g/mol. The number of benzene rings is 1. The van der Waals surface area contributed by atoms with E-state index < -0.39 is 0 Å². The molecule has 2 rings (SSSR count). The quantitative estimate of drug-likeness (QED) is 0.634. The van der Waals surface area contributed by atoms with E-state index in [1.54, 1.807) is 0 Å². The second-order valence-electron chi connectivity index (χ2n) is 4.21. The number of cyclic esters (lactones) is 1. The predicted octanol–water partition coefficient (Wildman–Crippen LogP) is 2.20. The van der Waals surface area contributed by atoms with E-state index in [0.717, 1.165) is 0 Å². The van der Waals surface area contributed by atoms with Crippen molar-refractivity contribution in [1.29, 1.82) is 0 Å². The van der Waals surface area contributed by atoms with Crippen molar-refractivity contribution in [3.8, 4) is 0 Å². The third-order valence-electron chi connectivity index (χ3n) is 2.88. The monoisotopic (exact) mass is 190 g/mol. The molecule has 1 aromatic rings. The number of hydrogen-bond donors (Lipinski definition) is 0. The van der Waals surface area contributed by atoms with Gasteiger partial charge in [0.1, 0.15) is 6.61 Å². The molecule has 1 unspecified atom stereocenters. The van der Waals surface area contributed by atoms with Crippen LogP contribution in [0.5, 0.6) is 0 Å². The Morgan fingerprint density at radius 2 is 2.07 bits per heavy atom. The van der Waals surface area contributed by atoms with Crippen LogP contribution in [0.4, 0.5) is 0 Å². The molecule has 2 heteroatoms. The van der Waals surface area contributed by atoms with Gasteiger partial charge in [0.05, 0.1) is 6.42 Å². The molecule has 0 aromatic heterocycles. The molecule has 1 saturated heterocycles. The molecule has 74 valence electrons. The Labute approximate surface area is 83.9 Å². The second kappa shape index (κ2) is 3.12. The first kappa shape index (κ1) is 9.25. The zero-order valence-corrected chi connectivity index (χ0v) is 8.54. The summed E-state index contributed by atoms with van der Waals surface area (Å²) in [5.41, 5.74) is 2.33. The van der Waals surface area contributed by atoms with Crippen LogP contribution >= 0.6 is 0 Å². The van der Waals surface area contributed by atoms with E-state index in [4.69, 9.17) is 4.74 Å². The second-order valence-corrected chi connectivity index (χ2v) is 4.21. The van der Waals surface area contributed by atoms with Crippen molar-refractivity contribution in [2.24, 2.45) is 0 Å². The predicted molar refractivity (Wildman–Crippen MR) is 54.1 cm³/mol. The van der Waals surface area contributed by atoms with E-state index in [-0.39, 0.29) is 11.4 Å². The Balaban J connectivity index is 2.40. The van der Waals surface area contributed by atoms with Crippen LogP contribution in [0.3, 0.4) is 0 Å². The van der Waals surface area contributed by atoms with E-state index >= 15 is 0 Å². The third kappa shape index (κ3) is 1.41. The minimum atomic E-state index is -0.123. The Morgan fingerprint density at radius 1 is 1.36 bits per heavy atom. The van der Waals surface area contributed by atoms with Crippen molar-refractivity contribution < 1.29 is 9.53 Å². The van der Waals surface area contributed by atoms with Gasteiger partial charge in [-0.3, -0.25) is 4.79 Å². The summed E-state index contributed by atoms with van der Waals surface area (Å²) in [7, 11) is 0. The molecule has 1 aromatic carbocycles. The van der Waals surface area contributed by atoms with Crippen molar-refractivity contribution in [3.05, 3.63) is 35.4 Å². The van der Waals surface area contributed by atoms with Gasteiger partial charge in [0.2, 0.25) is 0 Å². The number of carbonyl (C=O) groups is 1. The van der Waals surface area contributed by atoms with Crippen molar-refractivity contribution in [2.45, 2.75) is 25.7 Å². The summed E-state index contributed by atoms with van der Waals surface area (Å²) < 4.78 is 5.04. The van der Waals surface area contributed by atoms with Gasteiger partial charge in [-0.25, -0.2) is 0 Å². The molecule has 0 amide bonds. The standard InChI is InChI=1S/C12H14O2/c1-9-5-3-4-6-10(9)12(2)7-11(13)14-8-12/h3-6H,7-8H2,1-2H3. The van der Waals surface area contributed by atoms with Crippen LogP contribution in [0.25, 0.3) is 0 Å². The molecule has 2 nitrogen and oxygen atoms in total. The smallest absolute Gasteiger partial charge is 0.306 e. The maximum atomic E-state index is 11.1. The van der Waals surface area contributed by atoms with Gasteiger partial charge in [0, 0.05) is 5.41 Å². The molecule has 1 heterocycles. The van der Waals surface area contributed by atoms with E-state index in [2.05, 4.69) is 26.0 Å². The van der Waals surface area contributed by atoms with Crippen LogP contribution < -0.4 is 0 Å². The van der Waals surface area contributed by atoms with Crippen LogP contribution in [-0.2, 0) is 14.9 Å². The summed E-state index contributed by atoms with van der Waals surface area (Å²) in [6.07, 6.45) is 0.498. The molecule has 0 spiro atoms. The van der Waals surface area contributed by atoms with Crippen molar-refractivity contribution in [1.82, 2.24) is 0 Å². The van der Waals surface area contributed by atoms with Gasteiger partial charge in [-0.1, -0.05) is 31.2 Å². The zero-order chi connectivity index (χ0) is 10.2. The molecule has 1 atom stereocenters. The first-order valence-corrected chi connectivity index (χ1v) is 4.83. The molecule has 0 radical (unpaired) electrons. The van der Waals surface area contributed by atoms with Crippen molar-refractivity contribution in [3.63, 3.8) is 0 Å². The zero-order valence-electron chi connectivity index (χ0n) is 8.54. The normalized spacial score (nSPS) is 26.3. The highest BCUT2D eigenvalue weighted by molar-refractivity contribution is 5.74. The van der Waals surface area contributed by atoms with Gasteiger partial charge in [-0.15, -0.1) is 0 Å². The first-order valence-electron chi connectivity index (χ1n) is 4.83. The average molecular weight is 190 g/mol. The van der Waals surface area contributed by atoms with Gasteiger partial charge in [-0.05, 0) is 18.1 Å². The molecule has 1 aliphatic heterocycles. The lowest BCUT2D eigenvalue weighted by molar-refractivity contribution is -0.137. The van der Waals surface area contributed by atoms with Gasteiger partial charge in [0.25, 0.3) is 0 Å². The van der Waals surface area contributed by atoms with Crippen LogP contribution in [0.15, 0.2) is 24.3 Å². The summed E-state index contributed by atoms with van der Waals surface area (Å²) in [5, 5.41) is 0. The summed E-state index contributed by atoms with van der Waals surface area (Å²) in [5.74, 6) is -0.0873. The molecule has 14 heavy (non-hydrogen) atoms. The first-order chi connectivity index (χ1) is 6.62. The molecule has 0 bridgehead atoms.